The molecular formula is C15H17N3O3. The molecule has 110 valence electrons. The number of fused-ring (bicyclic) bond motifs is 1. The highest BCUT2D eigenvalue weighted by atomic mass is 16.5. The fourth-order valence-corrected chi connectivity index (χ4v) is 2.15. The molecule has 2 heterocycles. The summed E-state index contributed by atoms with van der Waals surface area (Å²) in [5, 5.41) is 4.94. The smallest absolute Gasteiger partial charge is 0.243 e. The first-order valence-corrected chi connectivity index (χ1v) is 6.85. The van der Waals surface area contributed by atoms with Crippen LogP contribution in [0.4, 0.5) is 0 Å². The van der Waals surface area contributed by atoms with Crippen LogP contribution < -0.4 is 5.73 Å². The zero-order valence-corrected chi connectivity index (χ0v) is 11.8. The van der Waals surface area contributed by atoms with Gasteiger partial charge in [0.25, 0.3) is 0 Å². The SMILES string of the molecule is COCCCC(N)c1nc(-c2cc3ccccc3o2)no1. The summed E-state index contributed by atoms with van der Waals surface area (Å²) in [5.74, 6) is 1.42. The third-order valence-corrected chi connectivity index (χ3v) is 3.27. The normalized spacial score (nSPS) is 12.9. The molecule has 2 aromatic heterocycles. The van der Waals surface area contributed by atoms with Crippen molar-refractivity contribution in [1.29, 1.82) is 0 Å². The molecular weight excluding hydrogens is 270 g/mol. The molecule has 0 aliphatic rings. The lowest BCUT2D eigenvalue weighted by molar-refractivity contribution is 0.188. The Morgan fingerprint density at radius 2 is 2.19 bits per heavy atom. The van der Waals surface area contributed by atoms with Gasteiger partial charge in [0.1, 0.15) is 5.58 Å². The zero-order valence-electron chi connectivity index (χ0n) is 11.8. The summed E-state index contributed by atoms with van der Waals surface area (Å²) in [6, 6.07) is 9.35. The van der Waals surface area contributed by atoms with E-state index in [1.807, 2.05) is 30.3 Å². The lowest BCUT2D eigenvalue weighted by Gasteiger charge is -2.04. The fraction of sp³-hybridized carbons (Fsp3) is 0.333. The number of aromatic nitrogens is 2. The minimum Gasteiger partial charge on any atom is -0.453 e. The number of nitrogens with zero attached hydrogens (tertiary/aromatic N) is 2. The van der Waals surface area contributed by atoms with E-state index in [0.29, 0.717) is 24.1 Å². The van der Waals surface area contributed by atoms with Crippen LogP contribution in [0.1, 0.15) is 24.8 Å². The van der Waals surface area contributed by atoms with Gasteiger partial charge in [-0.1, -0.05) is 23.4 Å². The Bertz CT molecular complexity index is 687. The second kappa shape index (κ2) is 6.07. The number of rotatable bonds is 6. The Morgan fingerprint density at radius 3 is 3.00 bits per heavy atom. The molecule has 1 unspecified atom stereocenters. The second-order valence-corrected chi connectivity index (χ2v) is 4.85. The molecule has 6 heteroatoms. The summed E-state index contributed by atoms with van der Waals surface area (Å²) in [5.41, 5.74) is 6.81. The highest BCUT2D eigenvalue weighted by molar-refractivity contribution is 5.81. The number of methoxy groups -OCH3 is 1. The third-order valence-electron chi connectivity index (χ3n) is 3.27. The Hall–Kier alpha value is -2.18. The first-order valence-electron chi connectivity index (χ1n) is 6.85. The van der Waals surface area contributed by atoms with Crippen LogP contribution in [0.15, 0.2) is 39.3 Å². The number of nitrogens with two attached hydrogens (primary N) is 1. The molecule has 2 N–H and O–H groups in total. The molecule has 0 amide bonds. The van der Waals surface area contributed by atoms with Gasteiger partial charge in [-0.05, 0) is 25.0 Å². The molecule has 0 radical (unpaired) electrons. The molecule has 0 saturated carbocycles. The van der Waals surface area contributed by atoms with Crippen LogP contribution in [0.2, 0.25) is 0 Å². The van der Waals surface area contributed by atoms with E-state index in [1.54, 1.807) is 7.11 Å². The van der Waals surface area contributed by atoms with E-state index in [1.165, 1.54) is 0 Å². The van der Waals surface area contributed by atoms with Gasteiger partial charge in [0.05, 0.1) is 6.04 Å². The van der Waals surface area contributed by atoms with Crippen molar-refractivity contribution in [3.8, 4) is 11.6 Å². The average Bonchev–Trinajstić information content (AvgIpc) is 3.13. The third kappa shape index (κ3) is 2.96. The molecule has 1 atom stereocenters. The van der Waals surface area contributed by atoms with E-state index < -0.39 is 0 Å². The minimum atomic E-state index is -0.286. The maximum Gasteiger partial charge on any atom is 0.243 e. The van der Waals surface area contributed by atoms with Gasteiger partial charge in [0.15, 0.2) is 5.76 Å². The van der Waals surface area contributed by atoms with Gasteiger partial charge < -0.3 is 19.4 Å². The highest BCUT2D eigenvalue weighted by Gasteiger charge is 2.17. The van der Waals surface area contributed by atoms with E-state index in [4.69, 9.17) is 19.4 Å². The monoisotopic (exact) mass is 287 g/mol. The quantitative estimate of drug-likeness (QED) is 0.701. The van der Waals surface area contributed by atoms with E-state index in [0.717, 1.165) is 23.8 Å². The number of hydrogen-bond acceptors (Lipinski definition) is 6. The number of benzene rings is 1. The van der Waals surface area contributed by atoms with Crippen molar-refractivity contribution in [3.63, 3.8) is 0 Å². The van der Waals surface area contributed by atoms with Gasteiger partial charge in [-0.15, -0.1) is 0 Å². The van der Waals surface area contributed by atoms with E-state index in [-0.39, 0.29) is 6.04 Å². The van der Waals surface area contributed by atoms with E-state index in [2.05, 4.69) is 10.1 Å². The van der Waals surface area contributed by atoms with Gasteiger partial charge in [-0.3, -0.25) is 0 Å². The van der Waals surface area contributed by atoms with Crippen LogP contribution in [0.3, 0.4) is 0 Å². The van der Waals surface area contributed by atoms with Gasteiger partial charge in [0, 0.05) is 19.1 Å². The standard InChI is InChI=1S/C15H17N3O3/c1-19-8-4-6-11(16)15-17-14(18-21-15)13-9-10-5-2-3-7-12(10)20-13/h2-3,5,7,9,11H,4,6,8,16H2,1H3. The minimum absolute atomic E-state index is 0.286. The fourth-order valence-electron chi connectivity index (χ4n) is 2.15. The highest BCUT2D eigenvalue weighted by Crippen LogP contribution is 2.26. The van der Waals surface area contributed by atoms with Crippen molar-refractivity contribution in [2.45, 2.75) is 18.9 Å². The van der Waals surface area contributed by atoms with Crippen molar-refractivity contribution in [2.24, 2.45) is 5.73 Å². The Kier molecular flexibility index (Phi) is 3.98. The molecule has 3 aromatic rings. The molecule has 21 heavy (non-hydrogen) atoms. The van der Waals surface area contributed by atoms with Crippen molar-refractivity contribution >= 4 is 11.0 Å². The van der Waals surface area contributed by atoms with E-state index in [9.17, 15) is 0 Å². The number of ether oxygens (including phenoxy) is 1. The van der Waals surface area contributed by atoms with Gasteiger partial charge >= 0.3 is 0 Å². The van der Waals surface area contributed by atoms with E-state index >= 15 is 0 Å². The molecule has 0 spiro atoms. The summed E-state index contributed by atoms with van der Waals surface area (Å²) in [6.45, 7) is 0.665. The van der Waals surface area contributed by atoms with Crippen molar-refractivity contribution in [1.82, 2.24) is 10.1 Å². The summed E-state index contributed by atoms with van der Waals surface area (Å²) in [6.07, 6.45) is 1.58. The molecule has 0 aliphatic heterocycles. The molecule has 0 saturated heterocycles. The van der Waals surface area contributed by atoms with Crippen LogP contribution in [-0.4, -0.2) is 23.9 Å². The maximum atomic E-state index is 6.02. The topological polar surface area (TPSA) is 87.3 Å². The Morgan fingerprint density at radius 1 is 1.33 bits per heavy atom. The summed E-state index contributed by atoms with van der Waals surface area (Å²) in [7, 11) is 1.66. The number of para-hydroxylation sites is 1. The first-order chi connectivity index (χ1) is 10.3. The van der Waals surface area contributed by atoms with Crippen LogP contribution in [0, 0.1) is 0 Å². The predicted octanol–water partition coefficient (Wildman–Crippen LogP) is 2.91. The largest absolute Gasteiger partial charge is 0.453 e. The van der Waals surface area contributed by atoms with Gasteiger partial charge in [-0.2, -0.15) is 4.98 Å². The zero-order chi connectivity index (χ0) is 14.7. The van der Waals surface area contributed by atoms with Crippen molar-refractivity contribution in [2.75, 3.05) is 13.7 Å². The molecule has 0 fully saturated rings. The molecule has 6 nitrogen and oxygen atoms in total. The first kappa shape index (κ1) is 13.8. The number of hydrogen-bond donors (Lipinski definition) is 1. The van der Waals surface area contributed by atoms with Crippen LogP contribution >= 0.6 is 0 Å². The maximum absolute atomic E-state index is 6.02. The molecule has 0 aliphatic carbocycles. The summed E-state index contributed by atoms with van der Waals surface area (Å²) < 4.78 is 15.9. The summed E-state index contributed by atoms with van der Waals surface area (Å²) >= 11 is 0. The van der Waals surface area contributed by atoms with Gasteiger partial charge in [0.2, 0.25) is 11.7 Å². The van der Waals surface area contributed by atoms with Crippen molar-refractivity contribution in [3.05, 3.63) is 36.2 Å². The molecule has 0 bridgehead atoms. The molecule has 1 aromatic carbocycles. The average molecular weight is 287 g/mol. The van der Waals surface area contributed by atoms with Crippen LogP contribution in [0.25, 0.3) is 22.6 Å². The Balaban J connectivity index is 1.77. The van der Waals surface area contributed by atoms with Crippen LogP contribution in [0.5, 0.6) is 0 Å². The summed E-state index contributed by atoms with van der Waals surface area (Å²) in [4.78, 5) is 4.32. The molecule has 3 rings (SSSR count). The lowest BCUT2D eigenvalue weighted by atomic mass is 10.2. The lowest BCUT2D eigenvalue weighted by Crippen LogP contribution is -2.11. The number of furan rings is 1. The Labute approximate surface area is 121 Å². The van der Waals surface area contributed by atoms with Crippen molar-refractivity contribution < 1.29 is 13.7 Å². The predicted molar refractivity (Wildman–Crippen MR) is 77.5 cm³/mol. The van der Waals surface area contributed by atoms with Gasteiger partial charge in [-0.25, -0.2) is 0 Å². The van der Waals surface area contributed by atoms with Crippen LogP contribution in [-0.2, 0) is 4.74 Å². The second-order valence-electron chi connectivity index (χ2n) is 4.85.